The third-order valence-electron chi connectivity index (χ3n) is 8.04. The van der Waals surface area contributed by atoms with Crippen LogP contribution in [0.2, 0.25) is 5.04 Å². The van der Waals surface area contributed by atoms with Crippen molar-refractivity contribution in [2.45, 2.75) is 83.1 Å². The maximum atomic E-state index is 13.0. The van der Waals surface area contributed by atoms with Crippen molar-refractivity contribution in [3.8, 4) is 0 Å². The Morgan fingerprint density at radius 1 is 0.821 bits per heavy atom. The molecule has 39 heavy (non-hydrogen) atoms. The van der Waals surface area contributed by atoms with E-state index in [-0.39, 0.29) is 15.8 Å². The second kappa shape index (κ2) is 12.6. The molecule has 3 aromatic carbocycles. The van der Waals surface area contributed by atoms with E-state index in [2.05, 4.69) is 116 Å². The molecule has 0 bridgehead atoms. The van der Waals surface area contributed by atoms with Gasteiger partial charge in [-0.1, -0.05) is 112 Å². The number of rotatable bonds is 12. The van der Waals surface area contributed by atoms with Gasteiger partial charge >= 0.3 is 0 Å². The Kier molecular flexibility index (Phi) is 9.69. The van der Waals surface area contributed by atoms with Crippen molar-refractivity contribution in [1.29, 1.82) is 0 Å². The van der Waals surface area contributed by atoms with Crippen molar-refractivity contribution in [2.24, 2.45) is 11.8 Å². The average molecular weight is 562 g/mol. The predicted octanol–water partition coefficient (Wildman–Crippen LogP) is 6.64. The average Bonchev–Trinajstić information content (AvgIpc) is 3.65. The lowest BCUT2D eigenvalue weighted by Gasteiger charge is -2.43. The molecule has 0 unspecified atom stereocenters. The maximum absolute atomic E-state index is 13.0. The minimum absolute atomic E-state index is 0.0104. The highest BCUT2D eigenvalue weighted by Gasteiger charge is 2.51. The monoisotopic (exact) mass is 561 g/mol. The van der Waals surface area contributed by atoms with E-state index in [1.165, 1.54) is 22.4 Å². The zero-order valence-electron chi connectivity index (χ0n) is 24.7. The van der Waals surface area contributed by atoms with E-state index >= 15 is 0 Å². The summed E-state index contributed by atoms with van der Waals surface area (Å²) in [6, 6.07) is 32.7. The van der Waals surface area contributed by atoms with Crippen LogP contribution in [-0.4, -0.2) is 29.9 Å². The third kappa shape index (κ3) is 7.58. The minimum atomic E-state index is -2.52. The van der Waals surface area contributed by atoms with Crippen LogP contribution in [-0.2, 0) is 21.8 Å². The molecule has 4 atom stereocenters. The largest absolute Gasteiger partial charge is 0.407 e. The van der Waals surface area contributed by atoms with Gasteiger partial charge in [-0.3, -0.25) is 0 Å². The molecule has 210 valence electrons. The first kappa shape index (κ1) is 29.9. The van der Waals surface area contributed by atoms with Gasteiger partial charge in [-0.2, -0.15) is 0 Å². The first-order valence-electron chi connectivity index (χ1n) is 14.5. The van der Waals surface area contributed by atoms with Crippen LogP contribution in [0.4, 0.5) is 0 Å². The van der Waals surface area contributed by atoms with Crippen LogP contribution in [0, 0.1) is 11.8 Å². The Morgan fingerprint density at radius 3 is 1.82 bits per heavy atom. The van der Waals surface area contributed by atoms with E-state index in [0.717, 1.165) is 25.9 Å². The Morgan fingerprint density at radius 2 is 1.33 bits per heavy atom. The predicted molar refractivity (Wildman–Crippen MR) is 169 cm³/mol. The summed E-state index contributed by atoms with van der Waals surface area (Å²) in [4.78, 5) is 0. The van der Waals surface area contributed by atoms with Gasteiger partial charge in [0.1, 0.15) is 0 Å². The van der Waals surface area contributed by atoms with Crippen molar-refractivity contribution < 1.29 is 8.63 Å². The van der Waals surface area contributed by atoms with Gasteiger partial charge in [0.2, 0.25) is 0 Å². The second-order valence-corrected chi connectivity index (χ2v) is 19.5. The van der Waals surface area contributed by atoms with Crippen LogP contribution < -0.4 is 15.1 Å². The molecule has 0 aromatic heterocycles. The summed E-state index contributed by atoms with van der Waals surface area (Å²) in [5, 5.41) is 2.66. The lowest BCUT2D eigenvalue weighted by atomic mass is 10.0. The molecule has 0 radical (unpaired) electrons. The number of benzene rings is 3. The fraction of sp³-hybridized carbons (Fsp3) is 0.471. The van der Waals surface area contributed by atoms with Gasteiger partial charge in [0.25, 0.3) is 8.32 Å². The topological polar surface area (TPSA) is 38.3 Å². The van der Waals surface area contributed by atoms with E-state index in [4.69, 9.17) is 4.43 Å². The van der Waals surface area contributed by atoms with Crippen LogP contribution in [0.15, 0.2) is 91.0 Å². The highest BCUT2D eigenvalue weighted by molar-refractivity contribution is 7.84. The summed E-state index contributed by atoms with van der Waals surface area (Å²) in [5.74, 6) is 1.16. The molecule has 1 aliphatic carbocycles. The Bertz CT molecular complexity index is 1150. The maximum Gasteiger partial charge on any atom is 0.261 e. The third-order valence-corrected chi connectivity index (χ3v) is 14.7. The van der Waals surface area contributed by atoms with Crippen molar-refractivity contribution >= 4 is 29.7 Å². The van der Waals surface area contributed by atoms with Crippen LogP contribution >= 0.6 is 0 Å². The van der Waals surface area contributed by atoms with Crippen LogP contribution in [0.1, 0.15) is 66.4 Å². The van der Waals surface area contributed by atoms with Crippen LogP contribution in [0.3, 0.4) is 0 Å². The molecule has 1 fully saturated rings. The summed E-state index contributed by atoms with van der Waals surface area (Å²) in [5.41, 5.74) is 1.34. The van der Waals surface area contributed by atoms with E-state index in [0.29, 0.717) is 11.8 Å². The smallest absolute Gasteiger partial charge is 0.261 e. The first-order valence-corrected chi connectivity index (χ1v) is 17.5. The molecule has 5 heteroatoms. The van der Waals surface area contributed by atoms with Gasteiger partial charge in [-0.05, 0) is 79.3 Å². The quantitative estimate of drug-likeness (QED) is 0.252. The SMILES string of the molecule is CC(C)(C)[S@](=O)N[C@H](CCc1ccccc1)C[C@@H]1C[C@@H]1CO[Si](c1ccccc1)(c1ccccc1)C(C)(C)C. The van der Waals surface area contributed by atoms with E-state index in [1.807, 2.05) is 20.8 Å². The molecule has 3 nitrogen and oxygen atoms in total. The first-order chi connectivity index (χ1) is 18.5. The number of aryl methyl sites for hydroxylation is 1. The molecule has 1 aliphatic rings. The molecule has 3 aromatic rings. The van der Waals surface area contributed by atoms with Crippen molar-refractivity contribution in [2.75, 3.05) is 6.61 Å². The highest BCUT2D eigenvalue weighted by Crippen LogP contribution is 2.45. The second-order valence-electron chi connectivity index (χ2n) is 13.2. The Labute approximate surface area is 240 Å². The highest BCUT2D eigenvalue weighted by atomic mass is 32.2. The molecule has 4 rings (SSSR count). The van der Waals surface area contributed by atoms with Gasteiger partial charge in [0, 0.05) is 12.6 Å². The van der Waals surface area contributed by atoms with E-state index in [1.54, 1.807) is 0 Å². The van der Waals surface area contributed by atoms with Gasteiger partial charge in [0.15, 0.2) is 0 Å². The summed E-state index contributed by atoms with van der Waals surface area (Å²) in [6.07, 6.45) is 4.22. The van der Waals surface area contributed by atoms with E-state index in [9.17, 15) is 4.21 Å². The fourth-order valence-corrected chi connectivity index (χ4v) is 11.2. The molecule has 0 amide bonds. The molecule has 0 spiro atoms. The molecular weight excluding hydrogens is 515 g/mol. The molecular formula is C34H47NO2SSi. The Hall–Kier alpha value is -2.05. The summed E-state index contributed by atoms with van der Waals surface area (Å²) in [6.45, 7) is 13.9. The summed E-state index contributed by atoms with van der Waals surface area (Å²) < 4.78 is 23.5. The Balaban J connectivity index is 1.48. The molecule has 0 aliphatic heterocycles. The number of hydrogen-bond acceptors (Lipinski definition) is 2. The van der Waals surface area contributed by atoms with Gasteiger partial charge in [-0.25, -0.2) is 8.93 Å². The standard InChI is InChI=1S/C34H47NO2SSi/c1-33(2,3)38(36)35-30(23-22-27-16-10-7-11-17-27)25-28-24-29(28)26-37-39(34(4,5)6,31-18-12-8-13-19-31)32-20-14-9-15-21-32/h7-21,28-30,35H,22-26H2,1-6H3/t28-,29+,30+,38-/m0/s1. The number of hydrogen-bond donors (Lipinski definition) is 1. The molecule has 0 saturated heterocycles. The molecule has 1 N–H and O–H groups in total. The van der Waals surface area contributed by atoms with Gasteiger partial charge in [-0.15, -0.1) is 0 Å². The lowest BCUT2D eigenvalue weighted by molar-refractivity contribution is 0.270. The van der Waals surface area contributed by atoms with Crippen molar-refractivity contribution in [3.63, 3.8) is 0 Å². The molecule has 0 heterocycles. The zero-order chi connectivity index (χ0) is 28.1. The minimum Gasteiger partial charge on any atom is -0.407 e. The van der Waals surface area contributed by atoms with Gasteiger partial charge in [0.05, 0.1) is 15.7 Å². The van der Waals surface area contributed by atoms with Gasteiger partial charge < -0.3 is 4.43 Å². The summed E-state index contributed by atoms with van der Waals surface area (Å²) >= 11 is 0. The van der Waals surface area contributed by atoms with E-state index < -0.39 is 19.3 Å². The van der Waals surface area contributed by atoms with Crippen molar-refractivity contribution in [3.05, 3.63) is 96.6 Å². The van der Waals surface area contributed by atoms with Crippen molar-refractivity contribution in [1.82, 2.24) is 4.72 Å². The normalized spacial score (nSPS) is 19.4. The fourth-order valence-electron chi connectivity index (χ4n) is 5.70. The molecule has 1 saturated carbocycles. The van der Waals surface area contributed by atoms with Crippen LogP contribution in [0.25, 0.3) is 0 Å². The van der Waals surface area contributed by atoms with Crippen LogP contribution in [0.5, 0.6) is 0 Å². The zero-order valence-corrected chi connectivity index (χ0v) is 26.5. The summed E-state index contributed by atoms with van der Waals surface area (Å²) in [7, 11) is -3.60. The lowest BCUT2D eigenvalue weighted by Crippen LogP contribution is -2.66. The number of nitrogens with one attached hydrogen (secondary N) is 1.